The Balaban J connectivity index is 1.79. The largest absolute Gasteiger partial charge is 0.379 e. The van der Waals surface area contributed by atoms with Gasteiger partial charge in [0.15, 0.2) is 11.0 Å². The predicted octanol–water partition coefficient (Wildman–Crippen LogP) is 1.91. The van der Waals surface area contributed by atoms with Crippen LogP contribution in [0, 0.1) is 0 Å². The molecule has 2 aromatic rings. The zero-order valence-electron chi connectivity index (χ0n) is 11.8. The van der Waals surface area contributed by atoms with Crippen molar-refractivity contribution < 1.29 is 14.0 Å². The van der Waals surface area contributed by atoms with Gasteiger partial charge in [0.25, 0.3) is 0 Å². The van der Waals surface area contributed by atoms with Crippen molar-refractivity contribution >= 4 is 11.0 Å². The van der Waals surface area contributed by atoms with Crippen molar-refractivity contribution in [1.29, 1.82) is 0 Å². The molecule has 4 heteroatoms. The number of aromatic nitrogens is 2. The highest BCUT2D eigenvalue weighted by atomic mass is 16.5. The van der Waals surface area contributed by atoms with E-state index >= 15 is 0 Å². The average Bonchev–Trinajstić information content (AvgIpc) is 2.75. The topological polar surface area (TPSA) is 27.3 Å². The molecule has 0 spiro atoms. The molecule has 0 atom stereocenters. The maximum atomic E-state index is 5.59. The Morgan fingerprint density at radius 2 is 1.79 bits per heavy atom. The first kappa shape index (κ1) is 14.0. The van der Waals surface area contributed by atoms with E-state index in [0.717, 1.165) is 19.6 Å². The number of nitrogens with zero attached hydrogens (tertiary/aromatic N) is 2. The number of para-hydroxylation sites is 2. The summed E-state index contributed by atoms with van der Waals surface area (Å²) >= 11 is 0. The molecule has 1 aromatic carbocycles. The van der Waals surface area contributed by atoms with Gasteiger partial charge in [0, 0.05) is 6.61 Å². The van der Waals surface area contributed by atoms with Crippen LogP contribution in [0.4, 0.5) is 0 Å². The number of fused-ring (bicyclic) bond motifs is 1. The van der Waals surface area contributed by atoms with Crippen LogP contribution in [-0.4, -0.2) is 31.0 Å². The van der Waals surface area contributed by atoms with Gasteiger partial charge < -0.3 is 9.47 Å². The third-order valence-electron chi connectivity index (χ3n) is 3.08. The van der Waals surface area contributed by atoms with Crippen LogP contribution >= 0.6 is 0 Å². The molecular formula is C15H23N2O2+. The van der Waals surface area contributed by atoms with Crippen LogP contribution in [-0.2, 0) is 23.1 Å². The second-order valence-electron chi connectivity index (χ2n) is 4.63. The first-order valence-electron chi connectivity index (χ1n) is 6.92. The van der Waals surface area contributed by atoms with Crippen molar-refractivity contribution in [3.05, 3.63) is 30.6 Å². The molecule has 19 heavy (non-hydrogen) atoms. The maximum absolute atomic E-state index is 5.59. The molecule has 0 unspecified atom stereocenters. The summed E-state index contributed by atoms with van der Waals surface area (Å²) in [6.45, 7) is 5.88. The second kappa shape index (κ2) is 7.26. The molecule has 1 heterocycles. The molecular weight excluding hydrogens is 240 g/mol. The first-order valence-corrected chi connectivity index (χ1v) is 6.92. The Morgan fingerprint density at radius 3 is 2.58 bits per heavy atom. The molecule has 104 valence electrons. The summed E-state index contributed by atoms with van der Waals surface area (Å²) in [5, 5.41) is 0. The lowest BCUT2D eigenvalue weighted by molar-refractivity contribution is -0.645. The number of ether oxygens (including phenoxy) is 2. The summed E-state index contributed by atoms with van der Waals surface area (Å²) in [6, 6.07) is 8.40. The maximum Gasteiger partial charge on any atom is 0.244 e. The number of imidazole rings is 1. The molecule has 0 aliphatic heterocycles. The highest BCUT2D eigenvalue weighted by molar-refractivity contribution is 5.71. The molecule has 0 fully saturated rings. The van der Waals surface area contributed by atoms with E-state index in [-0.39, 0.29) is 0 Å². The molecule has 0 saturated carbocycles. The Labute approximate surface area is 114 Å². The van der Waals surface area contributed by atoms with E-state index in [4.69, 9.17) is 9.47 Å². The third kappa shape index (κ3) is 3.78. The van der Waals surface area contributed by atoms with E-state index in [1.54, 1.807) is 0 Å². The van der Waals surface area contributed by atoms with Gasteiger partial charge >= 0.3 is 0 Å². The van der Waals surface area contributed by atoms with Gasteiger partial charge in [-0.3, -0.25) is 0 Å². The Bertz CT molecular complexity index is 508. The van der Waals surface area contributed by atoms with E-state index in [0.29, 0.717) is 19.8 Å². The average molecular weight is 263 g/mol. The van der Waals surface area contributed by atoms with Crippen LogP contribution in [0.1, 0.15) is 13.3 Å². The zero-order valence-corrected chi connectivity index (χ0v) is 11.8. The third-order valence-corrected chi connectivity index (χ3v) is 3.08. The number of hydrogen-bond acceptors (Lipinski definition) is 2. The summed E-state index contributed by atoms with van der Waals surface area (Å²) in [6.07, 6.45) is 3.17. The minimum atomic E-state index is 0.672. The van der Waals surface area contributed by atoms with Crippen molar-refractivity contribution in [3.63, 3.8) is 0 Å². The van der Waals surface area contributed by atoms with Crippen LogP contribution in [0.15, 0.2) is 30.6 Å². The van der Waals surface area contributed by atoms with Gasteiger partial charge in [-0.05, 0) is 18.6 Å². The van der Waals surface area contributed by atoms with Crippen molar-refractivity contribution in [2.24, 2.45) is 7.05 Å². The standard InChI is InChI=1S/C15H23N2O2/c1-3-9-18-11-12-19-10-8-17-13-16(2)14-6-4-5-7-15(14)17/h4-7,13H,3,8-12H2,1-2H3/q+1. The molecule has 0 bridgehead atoms. The SMILES string of the molecule is CCCOCCOCCn1c[n+](C)c2ccccc21. The van der Waals surface area contributed by atoms with Crippen LogP contribution in [0.2, 0.25) is 0 Å². The smallest absolute Gasteiger partial charge is 0.244 e. The molecule has 0 aliphatic carbocycles. The fraction of sp³-hybridized carbons (Fsp3) is 0.533. The van der Waals surface area contributed by atoms with E-state index in [1.807, 2.05) is 0 Å². The van der Waals surface area contributed by atoms with Crippen LogP contribution < -0.4 is 4.57 Å². The second-order valence-corrected chi connectivity index (χ2v) is 4.63. The molecule has 0 N–H and O–H groups in total. The minimum absolute atomic E-state index is 0.672. The zero-order chi connectivity index (χ0) is 13.5. The molecule has 0 radical (unpaired) electrons. The summed E-state index contributed by atoms with van der Waals surface area (Å²) in [7, 11) is 2.07. The van der Waals surface area contributed by atoms with Crippen molar-refractivity contribution in [2.75, 3.05) is 26.4 Å². The van der Waals surface area contributed by atoms with Gasteiger partial charge in [-0.2, -0.15) is 0 Å². The molecule has 0 amide bonds. The number of aryl methyl sites for hydroxylation is 1. The normalized spacial score (nSPS) is 11.3. The number of hydrogen-bond donors (Lipinski definition) is 0. The van der Waals surface area contributed by atoms with E-state index < -0.39 is 0 Å². The number of benzene rings is 1. The van der Waals surface area contributed by atoms with Crippen LogP contribution in [0.25, 0.3) is 11.0 Å². The molecule has 4 nitrogen and oxygen atoms in total. The molecule has 2 rings (SSSR count). The lowest BCUT2D eigenvalue weighted by Crippen LogP contribution is -2.25. The lowest BCUT2D eigenvalue weighted by Gasteiger charge is -2.03. The van der Waals surface area contributed by atoms with Gasteiger partial charge in [-0.25, -0.2) is 9.13 Å². The van der Waals surface area contributed by atoms with Gasteiger partial charge in [-0.1, -0.05) is 19.1 Å². The van der Waals surface area contributed by atoms with Gasteiger partial charge in [-0.15, -0.1) is 0 Å². The van der Waals surface area contributed by atoms with E-state index in [1.165, 1.54) is 11.0 Å². The molecule has 0 aliphatic rings. The Hall–Kier alpha value is -1.39. The Morgan fingerprint density at radius 1 is 1.05 bits per heavy atom. The quantitative estimate of drug-likeness (QED) is 0.537. The van der Waals surface area contributed by atoms with Crippen LogP contribution in [0.3, 0.4) is 0 Å². The lowest BCUT2D eigenvalue weighted by atomic mass is 10.3. The fourth-order valence-corrected chi connectivity index (χ4v) is 2.15. The van der Waals surface area contributed by atoms with Crippen molar-refractivity contribution in [3.8, 4) is 0 Å². The first-order chi connectivity index (χ1) is 9.33. The van der Waals surface area contributed by atoms with Gasteiger partial charge in [0.1, 0.15) is 6.54 Å². The van der Waals surface area contributed by atoms with Gasteiger partial charge in [0.2, 0.25) is 6.33 Å². The summed E-state index contributed by atoms with van der Waals surface area (Å²) < 4.78 is 15.3. The molecule has 1 aromatic heterocycles. The fourth-order valence-electron chi connectivity index (χ4n) is 2.15. The Kier molecular flexibility index (Phi) is 5.36. The minimum Gasteiger partial charge on any atom is -0.379 e. The molecule has 0 saturated heterocycles. The summed E-state index contributed by atoms with van der Waals surface area (Å²) in [4.78, 5) is 0. The predicted molar refractivity (Wildman–Crippen MR) is 75.0 cm³/mol. The van der Waals surface area contributed by atoms with Crippen molar-refractivity contribution in [1.82, 2.24) is 4.57 Å². The number of rotatable bonds is 8. The summed E-state index contributed by atoms with van der Waals surface area (Å²) in [5.41, 5.74) is 2.49. The summed E-state index contributed by atoms with van der Waals surface area (Å²) in [5.74, 6) is 0. The highest BCUT2D eigenvalue weighted by Crippen LogP contribution is 2.09. The monoisotopic (exact) mass is 263 g/mol. The van der Waals surface area contributed by atoms with E-state index in [2.05, 4.69) is 53.7 Å². The van der Waals surface area contributed by atoms with Gasteiger partial charge in [0.05, 0.1) is 26.9 Å². The highest BCUT2D eigenvalue weighted by Gasteiger charge is 2.11. The van der Waals surface area contributed by atoms with Crippen LogP contribution in [0.5, 0.6) is 0 Å². The van der Waals surface area contributed by atoms with Crippen molar-refractivity contribution in [2.45, 2.75) is 19.9 Å². The van der Waals surface area contributed by atoms with E-state index in [9.17, 15) is 0 Å².